The summed E-state index contributed by atoms with van der Waals surface area (Å²) in [5.41, 5.74) is 1.10. The maximum atomic E-state index is 13.7. The molecule has 0 spiro atoms. The van der Waals surface area contributed by atoms with Crippen LogP contribution in [0.3, 0.4) is 0 Å². The number of carboxylic acids is 1. The zero-order valence-corrected chi connectivity index (χ0v) is 16.2. The summed E-state index contributed by atoms with van der Waals surface area (Å²) in [7, 11) is 0. The smallest absolute Gasteiger partial charge is 0.307 e. The molecule has 0 aliphatic heterocycles. The molecule has 2 N–H and O–H groups in total. The van der Waals surface area contributed by atoms with Crippen LogP contribution in [0, 0.1) is 29.5 Å². The van der Waals surface area contributed by atoms with E-state index in [1.54, 1.807) is 6.20 Å². The van der Waals surface area contributed by atoms with E-state index in [-0.39, 0.29) is 23.0 Å². The highest BCUT2D eigenvalue weighted by Gasteiger charge is 2.47. The minimum absolute atomic E-state index is 0.00611. The third-order valence-corrected chi connectivity index (χ3v) is 6.66. The molecule has 150 valence electrons. The molecule has 9 heteroatoms. The van der Waals surface area contributed by atoms with Crippen LogP contribution in [-0.4, -0.2) is 36.0 Å². The average Bonchev–Trinajstić information content (AvgIpc) is 3.11. The Bertz CT molecular complexity index is 1100. The number of hydrogen-bond acceptors (Lipinski definition) is 5. The van der Waals surface area contributed by atoms with Gasteiger partial charge in [0.15, 0.2) is 5.82 Å². The lowest BCUT2D eigenvalue weighted by Gasteiger charge is -2.46. The molecule has 2 bridgehead atoms. The van der Waals surface area contributed by atoms with E-state index in [0.29, 0.717) is 40.6 Å². The molecule has 6 rings (SSSR count). The van der Waals surface area contributed by atoms with Crippen LogP contribution < -0.4 is 0 Å². The first kappa shape index (κ1) is 18.4. The second-order valence-electron chi connectivity index (χ2n) is 8.00. The molecule has 7 nitrogen and oxygen atoms in total. The molecule has 3 aliphatic rings. The number of hydrogen-bond donors (Lipinski definition) is 2. The second-order valence-corrected chi connectivity index (χ2v) is 8.34. The third kappa shape index (κ3) is 3.25. The van der Waals surface area contributed by atoms with Crippen molar-refractivity contribution in [2.24, 2.45) is 23.7 Å². The zero-order valence-electron chi connectivity index (χ0n) is 15.5. The van der Waals surface area contributed by atoms with Crippen molar-refractivity contribution in [1.82, 2.24) is 24.9 Å². The minimum atomic E-state index is -0.733. The zero-order chi connectivity index (χ0) is 20.1. The summed E-state index contributed by atoms with van der Waals surface area (Å²) in [5.74, 6) is -0.173. The molecular formula is C20H19ClFN5O2. The van der Waals surface area contributed by atoms with Crippen LogP contribution >= 0.6 is 11.6 Å². The standard InChI is InChI=1S/C20H19ClFN5O2/c21-20-26-15(6-12-9-1-3-10(4-2-9)16(12)19(28)29)25-18(27-20)14-8-24-17-13(14)5-11(22)7-23-17/h5,7-10,12,16H,1-4,6H2,(H,23,24)(H,28,29)/t9?,10?,12-,16-/m1/s1. The Kier molecular flexibility index (Phi) is 4.46. The van der Waals surface area contributed by atoms with Crippen LogP contribution in [0.2, 0.25) is 5.28 Å². The highest BCUT2D eigenvalue weighted by molar-refractivity contribution is 6.28. The fraction of sp³-hybridized carbons (Fsp3) is 0.450. The first-order valence-corrected chi connectivity index (χ1v) is 10.1. The van der Waals surface area contributed by atoms with E-state index in [2.05, 4.69) is 24.9 Å². The second kappa shape index (κ2) is 7.02. The number of rotatable bonds is 4. The first-order chi connectivity index (χ1) is 14.0. The number of carbonyl (C=O) groups is 1. The van der Waals surface area contributed by atoms with Gasteiger partial charge in [-0.2, -0.15) is 4.98 Å². The van der Waals surface area contributed by atoms with Crippen molar-refractivity contribution >= 4 is 28.6 Å². The van der Waals surface area contributed by atoms with Gasteiger partial charge < -0.3 is 10.1 Å². The highest BCUT2D eigenvalue weighted by Crippen LogP contribution is 2.50. The quantitative estimate of drug-likeness (QED) is 0.669. The molecule has 3 fully saturated rings. The molecule has 3 heterocycles. The summed E-state index contributed by atoms with van der Waals surface area (Å²) < 4.78 is 13.7. The highest BCUT2D eigenvalue weighted by atomic mass is 35.5. The Labute approximate surface area is 170 Å². The van der Waals surface area contributed by atoms with Gasteiger partial charge in [0.2, 0.25) is 5.28 Å². The first-order valence-electron chi connectivity index (χ1n) is 9.76. The molecule has 2 atom stereocenters. The van der Waals surface area contributed by atoms with Crippen LogP contribution in [0.5, 0.6) is 0 Å². The predicted molar refractivity (Wildman–Crippen MR) is 104 cm³/mol. The summed E-state index contributed by atoms with van der Waals surface area (Å²) in [5, 5.41) is 10.4. The number of halogens is 2. The largest absolute Gasteiger partial charge is 0.481 e. The van der Waals surface area contributed by atoms with E-state index in [1.165, 1.54) is 6.07 Å². The van der Waals surface area contributed by atoms with Gasteiger partial charge in [-0.25, -0.2) is 19.3 Å². The fourth-order valence-corrected chi connectivity index (χ4v) is 5.41. The molecule has 29 heavy (non-hydrogen) atoms. The monoisotopic (exact) mass is 415 g/mol. The number of H-pyrrole nitrogens is 1. The lowest BCUT2D eigenvalue weighted by molar-refractivity contribution is -0.152. The summed E-state index contributed by atoms with van der Waals surface area (Å²) >= 11 is 6.17. The Morgan fingerprint density at radius 1 is 1.21 bits per heavy atom. The van der Waals surface area contributed by atoms with Crippen molar-refractivity contribution in [3.63, 3.8) is 0 Å². The van der Waals surface area contributed by atoms with Gasteiger partial charge in [0, 0.05) is 23.6 Å². The normalized spacial score (nSPS) is 26.1. The molecule has 0 saturated heterocycles. The number of nitrogens with zero attached hydrogens (tertiary/aromatic N) is 4. The number of aromatic amines is 1. The van der Waals surface area contributed by atoms with Crippen molar-refractivity contribution in [3.8, 4) is 11.4 Å². The van der Waals surface area contributed by atoms with E-state index in [9.17, 15) is 14.3 Å². The van der Waals surface area contributed by atoms with Gasteiger partial charge in [-0.15, -0.1) is 0 Å². The Morgan fingerprint density at radius 3 is 2.72 bits per heavy atom. The summed E-state index contributed by atoms with van der Waals surface area (Å²) in [6.45, 7) is 0. The van der Waals surface area contributed by atoms with Crippen LogP contribution in [0.15, 0.2) is 18.5 Å². The minimum Gasteiger partial charge on any atom is -0.481 e. The number of nitrogens with one attached hydrogen (secondary N) is 1. The molecule has 0 amide bonds. The maximum Gasteiger partial charge on any atom is 0.307 e. The van der Waals surface area contributed by atoms with Crippen LogP contribution in [0.1, 0.15) is 31.5 Å². The molecular weight excluding hydrogens is 397 g/mol. The Morgan fingerprint density at radius 2 is 1.97 bits per heavy atom. The molecule has 3 aliphatic carbocycles. The summed E-state index contributed by atoms with van der Waals surface area (Å²) in [6.07, 6.45) is 7.32. The van der Waals surface area contributed by atoms with Gasteiger partial charge in [-0.1, -0.05) is 0 Å². The maximum absolute atomic E-state index is 13.7. The number of aliphatic carboxylic acids is 1. The van der Waals surface area contributed by atoms with Crippen molar-refractivity contribution in [3.05, 3.63) is 35.4 Å². The molecule has 0 unspecified atom stereocenters. The Balaban J connectivity index is 1.51. The van der Waals surface area contributed by atoms with E-state index in [1.807, 2.05) is 0 Å². The topological polar surface area (TPSA) is 105 Å². The number of pyridine rings is 1. The SMILES string of the molecule is O=C(O)[C@@H]1C2CCC(CC2)[C@H]1Cc1nc(Cl)nc(-c2c[nH]c3ncc(F)cc23)n1. The van der Waals surface area contributed by atoms with Gasteiger partial charge in [-0.05, 0) is 61.1 Å². The van der Waals surface area contributed by atoms with E-state index < -0.39 is 11.8 Å². The fourth-order valence-electron chi connectivity index (χ4n) is 5.23. The summed E-state index contributed by atoms with van der Waals surface area (Å²) in [6, 6.07) is 1.37. The van der Waals surface area contributed by atoms with Crippen molar-refractivity contribution < 1.29 is 14.3 Å². The lowest BCUT2D eigenvalue weighted by atomic mass is 9.57. The molecule has 3 saturated carbocycles. The van der Waals surface area contributed by atoms with E-state index in [0.717, 1.165) is 31.9 Å². The van der Waals surface area contributed by atoms with Gasteiger partial charge in [-0.3, -0.25) is 4.79 Å². The molecule has 3 aromatic rings. The van der Waals surface area contributed by atoms with Crippen LogP contribution in [0.25, 0.3) is 22.4 Å². The summed E-state index contributed by atoms with van der Waals surface area (Å²) in [4.78, 5) is 31.9. The third-order valence-electron chi connectivity index (χ3n) is 6.49. The van der Waals surface area contributed by atoms with Crippen molar-refractivity contribution in [2.45, 2.75) is 32.1 Å². The van der Waals surface area contributed by atoms with Crippen LogP contribution in [-0.2, 0) is 11.2 Å². The number of carboxylic acid groups (broad SMARTS) is 1. The molecule has 0 aromatic carbocycles. The predicted octanol–water partition coefficient (Wildman–Crippen LogP) is 3.89. The lowest BCUT2D eigenvalue weighted by Crippen LogP contribution is -2.45. The number of aromatic nitrogens is 5. The van der Waals surface area contributed by atoms with Gasteiger partial charge in [0.25, 0.3) is 0 Å². The molecule has 3 aromatic heterocycles. The van der Waals surface area contributed by atoms with Crippen molar-refractivity contribution in [1.29, 1.82) is 0 Å². The van der Waals surface area contributed by atoms with Gasteiger partial charge >= 0.3 is 5.97 Å². The van der Waals surface area contributed by atoms with Gasteiger partial charge in [0.1, 0.15) is 17.3 Å². The number of fused-ring (bicyclic) bond motifs is 4. The Hall–Kier alpha value is -2.61. The van der Waals surface area contributed by atoms with E-state index in [4.69, 9.17) is 11.6 Å². The van der Waals surface area contributed by atoms with Gasteiger partial charge in [0.05, 0.1) is 12.1 Å². The van der Waals surface area contributed by atoms with Crippen molar-refractivity contribution in [2.75, 3.05) is 0 Å². The molecule has 0 radical (unpaired) electrons. The van der Waals surface area contributed by atoms with E-state index >= 15 is 0 Å². The van der Waals surface area contributed by atoms with Crippen LogP contribution in [0.4, 0.5) is 4.39 Å². The average molecular weight is 416 g/mol.